The smallest absolute Gasteiger partial charge is 0.259 e. The Balaban J connectivity index is 0.0000000961. The highest BCUT2D eigenvalue weighted by Crippen LogP contribution is 2.55. The third-order valence-corrected chi connectivity index (χ3v) is 30.4. The number of nitrogens with zero attached hydrogens (tertiary/aromatic N) is 6. The van der Waals surface area contributed by atoms with Crippen LogP contribution in [0.2, 0.25) is 0 Å². The van der Waals surface area contributed by atoms with Crippen LogP contribution in [0.5, 0.6) is 0 Å². The summed E-state index contributed by atoms with van der Waals surface area (Å²) >= 11 is 1.91. The maximum atomic E-state index is 9.36. The van der Waals surface area contributed by atoms with Crippen molar-refractivity contribution >= 4 is 108 Å². The van der Waals surface area contributed by atoms with Crippen LogP contribution in [0.3, 0.4) is 0 Å². The Labute approximate surface area is 766 Å². The zero-order chi connectivity index (χ0) is 92.5. The monoisotopic (exact) mass is 1700 g/mol. The molecule has 0 atom stereocenters. The number of hydrogen-bond donors (Lipinski definition) is 0. The molecule has 8 heterocycles. The zero-order valence-electron chi connectivity index (χ0n) is 81.2. The summed E-state index contributed by atoms with van der Waals surface area (Å²) in [4.78, 5) is 0. The van der Waals surface area contributed by atoms with Crippen LogP contribution >= 0.6 is 11.3 Å². The zero-order valence-corrected chi connectivity index (χ0v) is 77.0. The van der Waals surface area contributed by atoms with Crippen molar-refractivity contribution < 1.29 is 34.1 Å². The summed E-state index contributed by atoms with van der Waals surface area (Å²) in [5, 5.41) is 8.84. The highest BCUT2D eigenvalue weighted by molar-refractivity contribution is 7.25. The molecule has 628 valence electrons. The molecule has 0 saturated heterocycles. The van der Waals surface area contributed by atoms with Gasteiger partial charge in [0.15, 0.2) is 36.6 Å². The van der Waals surface area contributed by atoms with Crippen LogP contribution < -0.4 is 22.8 Å². The molecule has 13 aromatic carbocycles. The molecule has 6 aliphatic rings. The minimum atomic E-state index is -2.47. The van der Waals surface area contributed by atoms with Crippen LogP contribution in [0, 0.1) is 46.9 Å². The Morgan fingerprint density at radius 1 is 0.372 bits per heavy atom. The van der Waals surface area contributed by atoms with Gasteiger partial charge in [0.2, 0.25) is 22.2 Å². The first-order valence-corrected chi connectivity index (χ1v) is 46.4. The van der Waals surface area contributed by atoms with E-state index in [-0.39, 0.29) is 16.5 Å². The molecule has 0 radical (unpaired) electrons. The van der Waals surface area contributed by atoms with Gasteiger partial charge in [-0.2, -0.15) is 13.7 Å². The summed E-state index contributed by atoms with van der Waals surface area (Å²) in [6.45, 7) is 19.1. The summed E-state index contributed by atoms with van der Waals surface area (Å²) in [6, 6.07) is 91.7. The number of para-hydroxylation sites is 1. The summed E-state index contributed by atoms with van der Waals surface area (Å²) in [6.07, 6.45) is 13.4. The number of fused-ring (bicyclic) bond motifs is 33. The van der Waals surface area contributed by atoms with Gasteiger partial charge in [0.1, 0.15) is 51.0 Å². The van der Waals surface area contributed by atoms with Crippen LogP contribution in [0.1, 0.15) is 147 Å². The van der Waals surface area contributed by atoms with Gasteiger partial charge < -0.3 is 8.98 Å². The Bertz CT molecular complexity index is 8520. The lowest BCUT2D eigenvalue weighted by atomic mass is 9.81. The number of rotatable bonds is 2. The average Bonchev–Trinajstić information content (AvgIpc) is 0.785. The molecule has 21 aromatic rings. The van der Waals surface area contributed by atoms with Crippen molar-refractivity contribution in [2.24, 2.45) is 40.7 Å². The summed E-state index contributed by atoms with van der Waals surface area (Å²) in [5.74, 6) is 0. The third-order valence-electron chi connectivity index (χ3n) is 29.3. The van der Waals surface area contributed by atoms with Crippen LogP contribution in [-0.2, 0) is 79.1 Å². The average molecular weight is 1700 g/mol. The van der Waals surface area contributed by atoms with E-state index in [2.05, 4.69) is 349 Å². The van der Waals surface area contributed by atoms with Crippen LogP contribution in [0.4, 0.5) is 0 Å². The molecule has 0 spiro atoms. The second-order valence-corrected chi connectivity index (χ2v) is 39.5. The first-order chi connectivity index (χ1) is 64.4. The largest absolute Gasteiger partial charge is 0.449 e. The molecule has 0 aliphatic heterocycles. The summed E-state index contributed by atoms with van der Waals surface area (Å²) in [5.41, 5.74) is 50.7. The lowest BCUT2D eigenvalue weighted by Crippen LogP contribution is -2.31. The fraction of sp³-hybridized carbons (Fsp3) is 0.198. The van der Waals surface area contributed by atoms with Crippen LogP contribution in [0.15, 0.2) is 290 Å². The fourth-order valence-corrected chi connectivity index (χ4v) is 24.6. The van der Waals surface area contributed by atoms with Gasteiger partial charge in [-0.1, -0.05) is 198 Å². The SMILES string of the molecule is Cc1c2c(cc3c1-c1c(ccc[n+]1C)C3(C)C)-c1ccccc1C2.Cc1c2c(cc3c1c1c(ccc[n+]1C)n3-c1ccccc1)-c1ccccc1C2.Cc1c2c(cc3oc4ccc[n+](C)c4c13)-c1ccccc1C2.Cc1c2c(cc3sc4ccc[n+](C)c4c13)-c1ccccc1C2.[2H]C([2H])([2H])c1c[n+](C)c2c3c(C)c4c(cc3c3ccccc3c2c1C([2H])([2H])C(C)(C)C)Cc1ccccc1-4. The van der Waals surface area contributed by atoms with E-state index in [1.807, 2.05) is 74.1 Å². The van der Waals surface area contributed by atoms with Gasteiger partial charge in [0, 0.05) is 58.0 Å². The minimum Gasteiger partial charge on any atom is -0.449 e. The normalized spacial score (nSPS) is 14.1. The molecule has 6 aliphatic carbocycles. The van der Waals surface area contributed by atoms with Gasteiger partial charge >= 0.3 is 0 Å². The lowest BCUT2D eigenvalue weighted by Gasteiger charge is -2.22. The van der Waals surface area contributed by atoms with Crippen molar-refractivity contribution in [2.45, 2.75) is 120 Å². The van der Waals surface area contributed by atoms with E-state index in [9.17, 15) is 2.74 Å². The quantitative estimate of drug-likeness (QED) is 0.126. The molecule has 0 amide bonds. The number of furan rings is 1. The lowest BCUT2D eigenvalue weighted by molar-refractivity contribution is -0.660. The van der Waals surface area contributed by atoms with E-state index >= 15 is 0 Å². The minimum absolute atomic E-state index is 0.0566. The number of aromatic nitrogens is 6. The molecule has 8 heteroatoms. The molecule has 0 fully saturated rings. The summed E-state index contributed by atoms with van der Waals surface area (Å²) in [7, 11) is 10.4. The Hall–Kier alpha value is -13.8. The van der Waals surface area contributed by atoms with E-state index in [1.54, 1.807) is 6.20 Å². The van der Waals surface area contributed by atoms with Gasteiger partial charge in [-0.3, -0.25) is 0 Å². The summed E-state index contributed by atoms with van der Waals surface area (Å²) < 4.78 is 66.2. The molecule has 0 N–H and O–H groups in total. The highest BCUT2D eigenvalue weighted by atomic mass is 32.1. The molecule has 27 rings (SSSR count). The van der Waals surface area contributed by atoms with E-state index in [1.165, 1.54) is 215 Å². The van der Waals surface area contributed by atoms with Gasteiger partial charge in [0.25, 0.3) is 5.52 Å². The Kier molecular flexibility index (Phi) is 17.2. The predicted octanol–water partition coefficient (Wildman–Crippen LogP) is 27.0. The molecule has 7 nitrogen and oxygen atoms in total. The van der Waals surface area contributed by atoms with Crippen LogP contribution in [0.25, 0.3) is 169 Å². The van der Waals surface area contributed by atoms with Gasteiger partial charge in [0.05, 0.1) is 38.0 Å². The van der Waals surface area contributed by atoms with E-state index < -0.39 is 18.6 Å². The molecular formula is C121H107N6OS+5. The third kappa shape index (κ3) is 12.4. The van der Waals surface area contributed by atoms with Crippen molar-refractivity contribution in [1.29, 1.82) is 0 Å². The first-order valence-electron chi connectivity index (χ1n) is 48.0. The number of thiophene rings is 1. The number of aryl methyl sites for hydroxylation is 10. The Morgan fingerprint density at radius 3 is 1.50 bits per heavy atom. The maximum absolute atomic E-state index is 9.36. The topological polar surface area (TPSA) is 37.5 Å². The maximum Gasteiger partial charge on any atom is 0.259 e. The van der Waals surface area contributed by atoms with Gasteiger partial charge in [-0.05, 0) is 318 Å². The van der Waals surface area contributed by atoms with E-state index in [4.69, 9.17) is 8.53 Å². The molecule has 0 unspecified atom stereocenters. The van der Waals surface area contributed by atoms with Crippen molar-refractivity contribution in [3.63, 3.8) is 0 Å². The number of pyridine rings is 5. The molecule has 0 bridgehead atoms. The van der Waals surface area contributed by atoms with Gasteiger partial charge in [-0.15, -0.1) is 11.3 Å². The van der Waals surface area contributed by atoms with Crippen molar-refractivity contribution in [3.05, 3.63) is 391 Å². The second-order valence-electron chi connectivity index (χ2n) is 38.4. The molecule has 129 heavy (non-hydrogen) atoms. The molecular weight excluding hydrogens is 1590 g/mol. The Morgan fingerprint density at radius 2 is 0.876 bits per heavy atom. The standard InChI is InChI=1S/C32H32N.C26H21N2.C23H22N.C20H16NO.C20H16NS/c1-19-18-33(6)31-29-20(2)28-22(15-21-11-7-8-12-23(21)28)16-26(29)24-13-9-10-14-25(24)30(31)27(19)17-32(3,4)5;1-17-21-15-18-9-6-7-12-20(18)22(21)16-24-25(17)26-23(13-8-14-27(26)2)28(24)19-10-4-3-5-11-19;1-14-17-12-15-8-5-6-9-16(15)18(17)13-20-21(14)22-19(23(20,2)3)10-7-11-24(22)4;2*1-12-15-10-13-6-3-4-7-14(13)16(15)11-18-19(12)20-17(22-18)8-5-9-21(20)2/h7-14,16,18H,15,17H2,1-6H3;3-14,16H,15H2,1-2H3;5-11,13H,12H2,1-4H3;2*3-9,11H,10H2,1-2H3/q5*+1/i1D3,17D2;;;;. The van der Waals surface area contributed by atoms with Gasteiger partial charge in [-0.25, -0.2) is 9.13 Å². The second kappa shape index (κ2) is 29.9. The fourth-order valence-electron chi connectivity index (χ4n) is 23.4. The predicted molar refractivity (Wildman–Crippen MR) is 535 cm³/mol. The van der Waals surface area contributed by atoms with Crippen molar-refractivity contribution in [2.75, 3.05) is 0 Å². The number of benzene rings is 13. The first kappa shape index (κ1) is 74.3. The van der Waals surface area contributed by atoms with Crippen LogP contribution in [-0.4, -0.2) is 4.57 Å². The van der Waals surface area contributed by atoms with Crippen molar-refractivity contribution in [1.82, 2.24) is 4.57 Å². The van der Waals surface area contributed by atoms with E-state index in [0.717, 1.165) is 75.9 Å². The highest BCUT2D eigenvalue weighted by Gasteiger charge is 2.44. The van der Waals surface area contributed by atoms with Crippen molar-refractivity contribution in [3.8, 4) is 72.6 Å². The number of hydrogen-bond acceptors (Lipinski definition) is 2. The molecule has 0 saturated carbocycles. The molecule has 8 aromatic heterocycles. The van der Waals surface area contributed by atoms with E-state index in [0.29, 0.717) is 5.39 Å².